The molecular formula is C13H18OS. The third kappa shape index (κ3) is 3.31. The van der Waals surface area contributed by atoms with Gasteiger partial charge >= 0.3 is 0 Å². The zero-order valence-electron chi connectivity index (χ0n) is 10.0. The predicted octanol–water partition coefficient (Wildman–Crippen LogP) is 4.04. The van der Waals surface area contributed by atoms with Crippen LogP contribution >= 0.6 is 11.3 Å². The number of carbonyl (C=O) groups excluding carboxylic acids is 1. The topological polar surface area (TPSA) is 17.1 Å². The molecule has 2 heteroatoms. The highest BCUT2D eigenvalue weighted by atomic mass is 32.1. The maximum atomic E-state index is 11.1. The van der Waals surface area contributed by atoms with Crippen molar-refractivity contribution in [2.45, 2.75) is 40.0 Å². The van der Waals surface area contributed by atoms with E-state index < -0.39 is 0 Å². The lowest BCUT2D eigenvalue weighted by Crippen LogP contribution is -2.07. The number of ketones is 1. The van der Waals surface area contributed by atoms with Crippen molar-refractivity contribution in [2.75, 3.05) is 0 Å². The summed E-state index contributed by atoms with van der Waals surface area (Å²) < 4.78 is 0. The highest BCUT2D eigenvalue weighted by Crippen LogP contribution is 2.30. The van der Waals surface area contributed by atoms with Crippen LogP contribution in [-0.2, 0) is 10.2 Å². The Labute approximate surface area is 95.8 Å². The van der Waals surface area contributed by atoms with Gasteiger partial charge in [0.2, 0.25) is 0 Å². The molecule has 0 aliphatic rings. The van der Waals surface area contributed by atoms with Crippen LogP contribution in [0.3, 0.4) is 0 Å². The lowest BCUT2D eigenvalue weighted by Gasteiger charge is -2.15. The lowest BCUT2D eigenvalue weighted by molar-refractivity contribution is -0.113. The minimum Gasteiger partial charge on any atom is -0.295 e. The zero-order chi connectivity index (χ0) is 11.6. The number of thiophene rings is 1. The molecule has 0 saturated carbocycles. The van der Waals surface area contributed by atoms with Crippen LogP contribution in [0.4, 0.5) is 0 Å². The van der Waals surface area contributed by atoms with Gasteiger partial charge in [-0.15, -0.1) is 11.3 Å². The van der Waals surface area contributed by atoms with Crippen LogP contribution < -0.4 is 0 Å². The first-order chi connectivity index (χ1) is 6.80. The molecule has 0 aromatic carbocycles. The zero-order valence-corrected chi connectivity index (χ0v) is 10.9. The summed E-state index contributed by atoms with van der Waals surface area (Å²) in [5.41, 5.74) is 1.01. The van der Waals surface area contributed by atoms with Crippen molar-refractivity contribution < 1.29 is 4.79 Å². The Bertz CT molecular complexity index is 391. The summed E-state index contributed by atoms with van der Waals surface area (Å²) in [6.07, 6.45) is 1.96. The van der Waals surface area contributed by atoms with Crippen molar-refractivity contribution in [3.05, 3.63) is 27.5 Å². The average Bonchev–Trinajstić information content (AvgIpc) is 2.51. The lowest BCUT2D eigenvalue weighted by atomic mass is 9.95. The van der Waals surface area contributed by atoms with E-state index in [1.54, 1.807) is 18.3 Å². The Morgan fingerprint density at radius 3 is 2.27 bits per heavy atom. The third-order valence-electron chi connectivity index (χ3n) is 2.28. The molecule has 0 bridgehead atoms. The molecule has 0 spiro atoms. The van der Waals surface area contributed by atoms with Crippen LogP contribution in [-0.4, -0.2) is 5.78 Å². The van der Waals surface area contributed by atoms with E-state index in [0.717, 1.165) is 10.5 Å². The second-order valence-corrected chi connectivity index (χ2v) is 5.95. The van der Waals surface area contributed by atoms with Gasteiger partial charge in [0.05, 0.1) is 0 Å². The van der Waals surface area contributed by atoms with Gasteiger partial charge in [-0.05, 0) is 43.0 Å². The Hall–Kier alpha value is -0.890. The van der Waals surface area contributed by atoms with E-state index in [0.29, 0.717) is 0 Å². The van der Waals surface area contributed by atoms with Crippen LogP contribution in [0.1, 0.15) is 44.4 Å². The van der Waals surface area contributed by atoms with Gasteiger partial charge in [0.25, 0.3) is 0 Å². The molecule has 0 fully saturated rings. The van der Waals surface area contributed by atoms with Gasteiger partial charge in [0.1, 0.15) is 0 Å². The first-order valence-corrected chi connectivity index (χ1v) is 5.92. The molecule has 0 unspecified atom stereocenters. The minimum atomic E-state index is 0.140. The molecule has 1 heterocycles. The van der Waals surface area contributed by atoms with E-state index >= 15 is 0 Å². The number of carbonyl (C=O) groups is 1. The standard InChI is InChI=1S/C13H18OS/c1-9(10(2)14)8-11-6-7-12(15-11)13(3,4)5/h6-8H,1-5H3/b9-8+. The fourth-order valence-electron chi connectivity index (χ4n) is 1.15. The summed E-state index contributed by atoms with van der Waals surface area (Å²) >= 11 is 1.76. The SMILES string of the molecule is CC(=O)/C(C)=C/c1ccc(C(C)(C)C)s1. The van der Waals surface area contributed by atoms with Gasteiger partial charge in [0, 0.05) is 9.75 Å². The monoisotopic (exact) mass is 222 g/mol. The molecule has 0 amide bonds. The maximum Gasteiger partial charge on any atom is 0.155 e. The van der Waals surface area contributed by atoms with Crippen LogP contribution in [0.25, 0.3) is 6.08 Å². The number of rotatable bonds is 2. The number of Topliss-reactive ketones (excluding diaryl/α,β-unsaturated/α-hetero) is 1. The predicted molar refractivity (Wildman–Crippen MR) is 67.4 cm³/mol. The van der Waals surface area contributed by atoms with Gasteiger partial charge < -0.3 is 0 Å². The summed E-state index contributed by atoms with van der Waals surface area (Å²) in [6, 6.07) is 4.22. The van der Waals surface area contributed by atoms with E-state index in [4.69, 9.17) is 0 Å². The fraction of sp³-hybridized carbons (Fsp3) is 0.462. The Balaban J connectivity index is 2.96. The van der Waals surface area contributed by atoms with Crippen LogP contribution in [0.2, 0.25) is 0 Å². The second-order valence-electron chi connectivity index (χ2n) is 4.84. The second kappa shape index (κ2) is 4.31. The Morgan fingerprint density at radius 2 is 1.87 bits per heavy atom. The quantitative estimate of drug-likeness (QED) is 0.690. The summed E-state index contributed by atoms with van der Waals surface area (Å²) in [7, 11) is 0. The number of hydrogen-bond acceptors (Lipinski definition) is 2. The Kier molecular flexibility index (Phi) is 3.50. The molecule has 0 aliphatic heterocycles. The molecule has 0 radical (unpaired) electrons. The summed E-state index contributed by atoms with van der Waals surface area (Å²) in [5.74, 6) is 0.140. The molecular weight excluding hydrogens is 204 g/mol. The van der Waals surface area contributed by atoms with Crippen molar-refractivity contribution >= 4 is 23.2 Å². The van der Waals surface area contributed by atoms with E-state index in [9.17, 15) is 4.79 Å². The number of hydrogen-bond donors (Lipinski definition) is 0. The van der Waals surface area contributed by atoms with Crippen LogP contribution in [0.5, 0.6) is 0 Å². The molecule has 82 valence electrons. The molecule has 1 rings (SSSR count). The molecule has 0 aliphatic carbocycles. The van der Waals surface area contributed by atoms with E-state index in [1.807, 2.05) is 13.0 Å². The van der Waals surface area contributed by atoms with Crippen molar-refractivity contribution in [3.63, 3.8) is 0 Å². The molecule has 1 nitrogen and oxygen atoms in total. The van der Waals surface area contributed by atoms with Crippen molar-refractivity contribution in [1.82, 2.24) is 0 Å². The smallest absolute Gasteiger partial charge is 0.155 e. The third-order valence-corrected chi connectivity index (χ3v) is 3.74. The Morgan fingerprint density at radius 1 is 1.27 bits per heavy atom. The molecule has 0 atom stereocenters. The maximum absolute atomic E-state index is 11.1. The first-order valence-electron chi connectivity index (χ1n) is 5.10. The molecule has 15 heavy (non-hydrogen) atoms. The fourth-order valence-corrected chi connectivity index (χ4v) is 2.22. The molecule has 1 aromatic heterocycles. The van der Waals surface area contributed by atoms with Crippen LogP contribution in [0.15, 0.2) is 17.7 Å². The van der Waals surface area contributed by atoms with Crippen molar-refractivity contribution in [2.24, 2.45) is 0 Å². The van der Waals surface area contributed by atoms with E-state index in [2.05, 4.69) is 32.9 Å². The van der Waals surface area contributed by atoms with Gasteiger partial charge in [0.15, 0.2) is 5.78 Å². The van der Waals surface area contributed by atoms with Crippen molar-refractivity contribution in [3.8, 4) is 0 Å². The largest absolute Gasteiger partial charge is 0.295 e. The summed E-state index contributed by atoms with van der Waals surface area (Å²) in [6.45, 7) is 10.1. The van der Waals surface area contributed by atoms with Gasteiger partial charge in [-0.2, -0.15) is 0 Å². The van der Waals surface area contributed by atoms with Gasteiger partial charge in [-0.25, -0.2) is 0 Å². The highest BCUT2D eigenvalue weighted by Gasteiger charge is 2.15. The average molecular weight is 222 g/mol. The van der Waals surface area contributed by atoms with Crippen LogP contribution in [0, 0.1) is 0 Å². The van der Waals surface area contributed by atoms with E-state index in [1.165, 1.54) is 4.88 Å². The van der Waals surface area contributed by atoms with Crippen molar-refractivity contribution in [1.29, 1.82) is 0 Å². The van der Waals surface area contributed by atoms with Gasteiger partial charge in [-0.3, -0.25) is 4.79 Å². The summed E-state index contributed by atoms with van der Waals surface area (Å²) in [4.78, 5) is 13.6. The molecule has 1 aromatic rings. The molecule has 0 saturated heterocycles. The first kappa shape index (κ1) is 12.2. The van der Waals surface area contributed by atoms with E-state index in [-0.39, 0.29) is 11.2 Å². The van der Waals surface area contributed by atoms with Gasteiger partial charge in [-0.1, -0.05) is 20.8 Å². The number of allylic oxidation sites excluding steroid dienone is 1. The summed E-state index contributed by atoms with van der Waals surface area (Å²) in [5, 5.41) is 0. The highest BCUT2D eigenvalue weighted by molar-refractivity contribution is 7.13. The normalized spacial score (nSPS) is 13.0. The molecule has 0 N–H and O–H groups in total. The minimum absolute atomic E-state index is 0.140.